The number of hydrogen-bond acceptors (Lipinski definition) is 6. The van der Waals surface area contributed by atoms with E-state index in [-0.39, 0.29) is 23.9 Å². The number of thioether (sulfide) groups is 1. The largest absolute Gasteiger partial charge is 0.440 e. The molecule has 1 saturated heterocycles. The van der Waals surface area contributed by atoms with Crippen LogP contribution in [-0.4, -0.2) is 50.0 Å². The molecule has 3 heterocycles. The first-order valence-corrected chi connectivity index (χ1v) is 11.7. The Morgan fingerprint density at radius 1 is 1.26 bits per heavy atom. The summed E-state index contributed by atoms with van der Waals surface area (Å²) >= 11 is 1.58. The van der Waals surface area contributed by atoms with E-state index < -0.39 is 23.0 Å². The summed E-state index contributed by atoms with van der Waals surface area (Å²) < 4.78 is 61.1. The van der Waals surface area contributed by atoms with Gasteiger partial charge in [-0.2, -0.15) is 13.2 Å². The second-order valence-electron chi connectivity index (χ2n) is 8.82. The van der Waals surface area contributed by atoms with Crippen molar-refractivity contribution >= 4 is 24.2 Å². The van der Waals surface area contributed by atoms with Crippen LogP contribution in [-0.2, 0) is 18.6 Å². The number of benzene rings is 1. The second kappa shape index (κ2) is 9.16. The number of aryl methyl sites for hydroxylation is 1. The minimum atomic E-state index is -4.47. The average Bonchev–Trinajstić information content (AvgIpc) is 3.06. The van der Waals surface area contributed by atoms with Crippen LogP contribution in [0.4, 0.5) is 17.6 Å². The average molecular weight is 518 g/mol. The zero-order valence-electron chi connectivity index (χ0n) is 18.6. The van der Waals surface area contributed by atoms with Gasteiger partial charge in [0.2, 0.25) is 5.82 Å². The van der Waals surface area contributed by atoms with Gasteiger partial charge in [-0.25, -0.2) is 9.37 Å². The van der Waals surface area contributed by atoms with E-state index in [2.05, 4.69) is 20.1 Å². The van der Waals surface area contributed by atoms with E-state index in [0.29, 0.717) is 18.1 Å². The maximum absolute atomic E-state index is 14.5. The molecule has 0 spiro atoms. The predicted octanol–water partition coefficient (Wildman–Crippen LogP) is 5.11. The van der Waals surface area contributed by atoms with Gasteiger partial charge in [0.05, 0.1) is 11.3 Å². The fourth-order valence-electron chi connectivity index (χ4n) is 4.86. The highest BCUT2D eigenvalue weighted by Crippen LogP contribution is 2.59. The lowest BCUT2D eigenvalue weighted by atomic mass is 9.92. The summed E-state index contributed by atoms with van der Waals surface area (Å²) in [6, 6.07) is 2.78. The van der Waals surface area contributed by atoms with Gasteiger partial charge in [-0.15, -0.1) is 22.6 Å². The first-order chi connectivity index (χ1) is 15.7. The van der Waals surface area contributed by atoms with Crippen LogP contribution in [0.15, 0.2) is 34.2 Å². The van der Waals surface area contributed by atoms with Gasteiger partial charge in [-0.3, -0.25) is 0 Å². The molecule has 0 bridgehead atoms. The molecule has 1 aliphatic carbocycles. The maximum atomic E-state index is 14.5. The number of likely N-dealkylation sites (tertiary alicyclic amines) is 1. The molecular formula is C22H24ClF4N5OS. The van der Waals surface area contributed by atoms with Crippen LogP contribution in [0.25, 0.3) is 11.6 Å². The number of hydrogen-bond donors (Lipinski definition) is 0. The van der Waals surface area contributed by atoms with Crippen LogP contribution in [0, 0.1) is 18.7 Å². The molecule has 1 aliphatic heterocycles. The quantitative estimate of drug-likeness (QED) is 0.246. The van der Waals surface area contributed by atoms with Crippen molar-refractivity contribution in [3.63, 3.8) is 0 Å². The molecule has 3 aromatic rings. The van der Waals surface area contributed by atoms with Crippen LogP contribution in [0.5, 0.6) is 0 Å². The summed E-state index contributed by atoms with van der Waals surface area (Å²) in [5.74, 6) is 1.71. The second-order valence-corrected chi connectivity index (χ2v) is 9.88. The summed E-state index contributed by atoms with van der Waals surface area (Å²) in [4.78, 5) is 6.31. The van der Waals surface area contributed by atoms with Crippen molar-refractivity contribution in [1.82, 2.24) is 24.6 Å². The Morgan fingerprint density at radius 3 is 2.76 bits per heavy atom. The third-order valence-electron chi connectivity index (χ3n) is 6.68. The van der Waals surface area contributed by atoms with E-state index in [1.54, 1.807) is 11.8 Å². The van der Waals surface area contributed by atoms with Crippen LogP contribution >= 0.6 is 24.2 Å². The van der Waals surface area contributed by atoms with Crippen LogP contribution in [0.1, 0.15) is 29.7 Å². The number of rotatable bonds is 7. The molecule has 1 saturated carbocycles. The van der Waals surface area contributed by atoms with E-state index >= 15 is 0 Å². The lowest BCUT2D eigenvalue weighted by Crippen LogP contribution is -2.28. The van der Waals surface area contributed by atoms with Crippen molar-refractivity contribution < 1.29 is 22.0 Å². The van der Waals surface area contributed by atoms with Gasteiger partial charge in [0, 0.05) is 31.3 Å². The SMILES string of the molecule is Cc1ncoc1-c1nnc(SCCCN2C[C@H]3CC3(c3cc(C(F)(F)F)ccc3F)C2)n1C.Cl. The molecule has 2 aliphatic rings. The summed E-state index contributed by atoms with van der Waals surface area (Å²) in [5.41, 5.74) is -0.294. The van der Waals surface area contributed by atoms with Crippen molar-refractivity contribution in [2.45, 2.75) is 36.5 Å². The predicted molar refractivity (Wildman–Crippen MR) is 121 cm³/mol. The molecule has 6 nitrogen and oxygen atoms in total. The van der Waals surface area contributed by atoms with E-state index in [4.69, 9.17) is 4.42 Å². The van der Waals surface area contributed by atoms with E-state index in [1.165, 1.54) is 6.39 Å². The Bertz CT molecular complexity index is 1180. The molecular weight excluding hydrogens is 494 g/mol. The number of piperidine rings is 1. The highest BCUT2D eigenvalue weighted by atomic mass is 35.5. The fourth-order valence-corrected chi connectivity index (χ4v) is 5.70. The monoisotopic (exact) mass is 517 g/mol. The zero-order chi connectivity index (χ0) is 23.4. The zero-order valence-corrected chi connectivity index (χ0v) is 20.2. The normalized spacial score (nSPS) is 22.0. The van der Waals surface area contributed by atoms with Gasteiger partial charge in [0.15, 0.2) is 17.3 Å². The number of halogens is 5. The van der Waals surface area contributed by atoms with Gasteiger partial charge < -0.3 is 13.9 Å². The van der Waals surface area contributed by atoms with Crippen molar-refractivity contribution in [1.29, 1.82) is 0 Å². The summed E-state index contributed by atoms with van der Waals surface area (Å²) in [6.07, 6.45) is -1.46. The van der Waals surface area contributed by atoms with Crippen LogP contribution in [0.2, 0.25) is 0 Å². The van der Waals surface area contributed by atoms with Crippen molar-refractivity contribution in [2.75, 3.05) is 25.4 Å². The number of nitrogens with zero attached hydrogens (tertiary/aromatic N) is 5. The lowest BCUT2D eigenvalue weighted by Gasteiger charge is -2.22. The van der Waals surface area contributed by atoms with Gasteiger partial charge >= 0.3 is 6.18 Å². The minimum Gasteiger partial charge on any atom is -0.440 e. The molecule has 34 heavy (non-hydrogen) atoms. The molecule has 2 aromatic heterocycles. The molecule has 184 valence electrons. The molecule has 1 aromatic carbocycles. The fraction of sp³-hybridized carbons (Fsp3) is 0.500. The highest BCUT2D eigenvalue weighted by Gasteiger charge is 2.61. The number of aromatic nitrogens is 4. The molecule has 2 fully saturated rings. The molecule has 0 N–H and O–H groups in total. The topological polar surface area (TPSA) is 60.0 Å². The lowest BCUT2D eigenvalue weighted by molar-refractivity contribution is -0.137. The van der Waals surface area contributed by atoms with Gasteiger partial charge in [-0.05, 0) is 56.0 Å². The Hall–Kier alpha value is -2.11. The smallest absolute Gasteiger partial charge is 0.416 e. The number of fused-ring (bicyclic) bond motifs is 1. The van der Waals surface area contributed by atoms with Gasteiger partial charge in [-0.1, -0.05) is 11.8 Å². The Morgan fingerprint density at radius 2 is 2.06 bits per heavy atom. The molecule has 2 atom stereocenters. The van der Waals surface area contributed by atoms with E-state index in [1.807, 2.05) is 18.5 Å². The molecule has 1 unspecified atom stereocenters. The summed E-state index contributed by atoms with van der Waals surface area (Å²) in [5, 5.41) is 9.20. The summed E-state index contributed by atoms with van der Waals surface area (Å²) in [7, 11) is 1.88. The first-order valence-electron chi connectivity index (χ1n) is 10.7. The third-order valence-corrected chi connectivity index (χ3v) is 7.79. The third kappa shape index (κ3) is 4.45. The van der Waals surface area contributed by atoms with Crippen molar-refractivity contribution in [2.24, 2.45) is 13.0 Å². The molecule has 0 radical (unpaired) electrons. The van der Waals surface area contributed by atoms with Crippen molar-refractivity contribution in [3.05, 3.63) is 47.2 Å². The van der Waals surface area contributed by atoms with E-state index in [9.17, 15) is 17.6 Å². The highest BCUT2D eigenvalue weighted by molar-refractivity contribution is 7.99. The Kier molecular flexibility index (Phi) is 6.73. The molecule has 12 heteroatoms. The van der Waals surface area contributed by atoms with Gasteiger partial charge in [0.1, 0.15) is 5.82 Å². The summed E-state index contributed by atoms with van der Waals surface area (Å²) in [6.45, 7) is 4.04. The first kappa shape index (κ1) is 25.0. The molecule has 5 rings (SSSR count). The number of oxazole rings is 1. The molecule has 0 amide bonds. The number of alkyl halides is 3. The maximum Gasteiger partial charge on any atom is 0.416 e. The van der Waals surface area contributed by atoms with Crippen LogP contribution in [0.3, 0.4) is 0 Å². The van der Waals surface area contributed by atoms with Gasteiger partial charge in [0.25, 0.3) is 0 Å². The van der Waals surface area contributed by atoms with Crippen LogP contribution < -0.4 is 0 Å². The van der Waals surface area contributed by atoms with E-state index in [0.717, 1.165) is 60.7 Å². The minimum absolute atomic E-state index is 0. The van der Waals surface area contributed by atoms with Crippen molar-refractivity contribution in [3.8, 4) is 11.6 Å². The standard InChI is InChI=1S/C22H23F4N5OS.ClH/c1-13-18(32-12-27-13)19-28-29-20(30(19)2)33-7-3-6-31-10-15-9-21(15,11-31)16-8-14(22(24,25)26)4-5-17(16)23;/h4-5,8,12,15H,3,6-7,9-11H2,1-2H3;1H/t15-,21?;/m1./s1. The Balaban J connectivity index is 0.00000274. The Labute approximate surface area is 204 Å².